The summed E-state index contributed by atoms with van der Waals surface area (Å²) < 4.78 is 10.6. The van der Waals surface area contributed by atoms with E-state index in [-0.39, 0.29) is 23.8 Å². The molecule has 0 N–H and O–H groups in total. The van der Waals surface area contributed by atoms with Crippen LogP contribution in [-0.4, -0.2) is 25.2 Å². The molecule has 4 heteroatoms. The van der Waals surface area contributed by atoms with Crippen molar-refractivity contribution in [1.82, 2.24) is 0 Å². The van der Waals surface area contributed by atoms with Gasteiger partial charge in [-0.3, -0.25) is 9.59 Å². The van der Waals surface area contributed by atoms with Crippen molar-refractivity contribution in [3.63, 3.8) is 0 Å². The molecule has 1 rings (SSSR count). The standard InChI is InChI=1S/C18H32O4/c1-4-11-21-17(19)15-9-7-10-16(13-15)18(20)22-12-6-5-8-14(2)3/h14-16H,4-13H2,1-3H3. The number of rotatable bonds is 9. The fraction of sp³-hybridized carbons (Fsp3) is 0.889. The first-order chi connectivity index (χ1) is 10.5. The monoisotopic (exact) mass is 312 g/mol. The lowest BCUT2D eigenvalue weighted by atomic mass is 9.81. The number of hydrogen-bond donors (Lipinski definition) is 0. The molecule has 0 radical (unpaired) electrons. The Morgan fingerprint density at radius 2 is 1.59 bits per heavy atom. The molecule has 128 valence electrons. The van der Waals surface area contributed by atoms with E-state index in [1.54, 1.807) is 0 Å². The van der Waals surface area contributed by atoms with Crippen LogP contribution in [0.2, 0.25) is 0 Å². The highest BCUT2D eigenvalue weighted by atomic mass is 16.5. The molecule has 0 spiro atoms. The van der Waals surface area contributed by atoms with Gasteiger partial charge in [-0.1, -0.05) is 33.6 Å². The average Bonchev–Trinajstić information content (AvgIpc) is 2.51. The average molecular weight is 312 g/mol. The Balaban J connectivity index is 2.25. The Bertz CT molecular complexity index is 338. The van der Waals surface area contributed by atoms with Crippen LogP contribution in [0.5, 0.6) is 0 Å². The van der Waals surface area contributed by atoms with Gasteiger partial charge in [-0.25, -0.2) is 0 Å². The normalized spacial score (nSPS) is 21.6. The predicted octanol–water partition coefficient (Wildman–Crippen LogP) is 4.12. The van der Waals surface area contributed by atoms with Crippen LogP contribution in [0.3, 0.4) is 0 Å². The second-order valence-electron chi connectivity index (χ2n) is 6.79. The molecule has 0 aromatic rings. The first kappa shape index (κ1) is 19.0. The predicted molar refractivity (Wildman–Crippen MR) is 86.3 cm³/mol. The van der Waals surface area contributed by atoms with Crippen molar-refractivity contribution in [3.05, 3.63) is 0 Å². The second kappa shape index (κ2) is 10.6. The summed E-state index contributed by atoms with van der Waals surface area (Å²) in [5.41, 5.74) is 0. The van der Waals surface area contributed by atoms with Crippen LogP contribution in [0.4, 0.5) is 0 Å². The molecule has 0 bridgehead atoms. The van der Waals surface area contributed by atoms with Gasteiger partial charge in [0, 0.05) is 0 Å². The Labute approximate surface area is 134 Å². The molecule has 2 atom stereocenters. The molecular formula is C18H32O4. The summed E-state index contributed by atoms with van der Waals surface area (Å²) in [4.78, 5) is 24.0. The maximum absolute atomic E-state index is 12.1. The van der Waals surface area contributed by atoms with Crippen LogP contribution in [0.25, 0.3) is 0 Å². The van der Waals surface area contributed by atoms with E-state index in [4.69, 9.17) is 9.47 Å². The van der Waals surface area contributed by atoms with E-state index in [0.717, 1.165) is 38.5 Å². The van der Waals surface area contributed by atoms with Gasteiger partial charge in [-0.05, 0) is 44.4 Å². The van der Waals surface area contributed by atoms with E-state index < -0.39 is 0 Å². The van der Waals surface area contributed by atoms with Crippen molar-refractivity contribution in [3.8, 4) is 0 Å². The summed E-state index contributed by atoms with van der Waals surface area (Å²) in [6, 6.07) is 0. The van der Waals surface area contributed by atoms with E-state index in [9.17, 15) is 9.59 Å². The highest BCUT2D eigenvalue weighted by Gasteiger charge is 2.32. The van der Waals surface area contributed by atoms with Gasteiger partial charge in [-0.15, -0.1) is 0 Å². The van der Waals surface area contributed by atoms with E-state index in [0.29, 0.717) is 25.6 Å². The molecule has 0 heterocycles. The van der Waals surface area contributed by atoms with Crippen molar-refractivity contribution in [2.24, 2.45) is 17.8 Å². The number of carbonyl (C=O) groups is 2. The number of ether oxygens (including phenoxy) is 2. The summed E-state index contributed by atoms with van der Waals surface area (Å²) >= 11 is 0. The molecule has 0 amide bonds. The van der Waals surface area contributed by atoms with E-state index >= 15 is 0 Å². The SMILES string of the molecule is CCCOC(=O)C1CCCC(C(=O)OCCCCC(C)C)C1. The van der Waals surface area contributed by atoms with Gasteiger partial charge in [-0.2, -0.15) is 0 Å². The van der Waals surface area contributed by atoms with Crippen molar-refractivity contribution < 1.29 is 19.1 Å². The van der Waals surface area contributed by atoms with Crippen LogP contribution < -0.4 is 0 Å². The fourth-order valence-electron chi connectivity index (χ4n) is 2.88. The van der Waals surface area contributed by atoms with Crippen LogP contribution in [0, 0.1) is 17.8 Å². The van der Waals surface area contributed by atoms with E-state index in [1.165, 1.54) is 6.42 Å². The zero-order valence-corrected chi connectivity index (χ0v) is 14.4. The van der Waals surface area contributed by atoms with Gasteiger partial charge in [0.05, 0.1) is 25.0 Å². The highest BCUT2D eigenvalue weighted by molar-refractivity contribution is 5.76. The van der Waals surface area contributed by atoms with Crippen molar-refractivity contribution >= 4 is 11.9 Å². The first-order valence-corrected chi connectivity index (χ1v) is 8.87. The minimum absolute atomic E-state index is 0.126. The largest absolute Gasteiger partial charge is 0.465 e. The van der Waals surface area contributed by atoms with Gasteiger partial charge < -0.3 is 9.47 Å². The van der Waals surface area contributed by atoms with Crippen LogP contribution in [0.1, 0.15) is 72.1 Å². The molecule has 0 aromatic carbocycles. The minimum atomic E-state index is -0.142. The second-order valence-corrected chi connectivity index (χ2v) is 6.79. The fourth-order valence-corrected chi connectivity index (χ4v) is 2.88. The Kier molecular flexibility index (Phi) is 9.17. The summed E-state index contributed by atoms with van der Waals surface area (Å²) in [5, 5.41) is 0. The van der Waals surface area contributed by atoms with Crippen molar-refractivity contribution in [1.29, 1.82) is 0 Å². The van der Waals surface area contributed by atoms with Crippen molar-refractivity contribution in [2.75, 3.05) is 13.2 Å². The molecule has 0 saturated heterocycles. The number of unbranched alkanes of at least 4 members (excludes halogenated alkanes) is 1. The first-order valence-electron chi connectivity index (χ1n) is 8.87. The van der Waals surface area contributed by atoms with Crippen LogP contribution >= 0.6 is 0 Å². The Morgan fingerprint density at radius 1 is 1.00 bits per heavy atom. The molecular weight excluding hydrogens is 280 g/mol. The third kappa shape index (κ3) is 7.28. The third-order valence-electron chi connectivity index (χ3n) is 4.21. The van der Waals surface area contributed by atoms with Gasteiger partial charge in [0.25, 0.3) is 0 Å². The van der Waals surface area contributed by atoms with Gasteiger partial charge in [0.2, 0.25) is 0 Å². The Morgan fingerprint density at radius 3 is 2.14 bits per heavy atom. The number of hydrogen-bond acceptors (Lipinski definition) is 4. The molecule has 4 nitrogen and oxygen atoms in total. The molecule has 2 unspecified atom stereocenters. The lowest BCUT2D eigenvalue weighted by molar-refractivity contribution is -0.155. The summed E-state index contributed by atoms with van der Waals surface area (Å²) in [5.74, 6) is 0.176. The molecule has 1 saturated carbocycles. The molecule has 1 aliphatic rings. The van der Waals surface area contributed by atoms with Crippen LogP contribution in [-0.2, 0) is 19.1 Å². The smallest absolute Gasteiger partial charge is 0.308 e. The Hall–Kier alpha value is -1.06. The zero-order chi connectivity index (χ0) is 16.4. The summed E-state index contributed by atoms with van der Waals surface area (Å²) in [6.45, 7) is 7.36. The maximum atomic E-state index is 12.1. The highest BCUT2D eigenvalue weighted by Crippen LogP contribution is 2.30. The van der Waals surface area contributed by atoms with Crippen molar-refractivity contribution in [2.45, 2.75) is 72.1 Å². The number of esters is 2. The lowest BCUT2D eigenvalue weighted by Crippen LogP contribution is -2.30. The van der Waals surface area contributed by atoms with E-state index in [1.807, 2.05) is 6.92 Å². The summed E-state index contributed by atoms with van der Waals surface area (Å²) in [7, 11) is 0. The number of carbonyl (C=O) groups excluding carboxylic acids is 2. The molecule has 1 aliphatic carbocycles. The molecule has 22 heavy (non-hydrogen) atoms. The molecule has 0 aliphatic heterocycles. The maximum Gasteiger partial charge on any atom is 0.308 e. The molecule has 1 fully saturated rings. The topological polar surface area (TPSA) is 52.6 Å². The third-order valence-corrected chi connectivity index (χ3v) is 4.21. The molecule has 0 aromatic heterocycles. The van der Waals surface area contributed by atoms with Crippen LogP contribution in [0.15, 0.2) is 0 Å². The van der Waals surface area contributed by atoms with Gasteiger partial charge in [0.1, 0.15) is 0 Å². The quantitative estimate of drug-likeness (QED) is 0.475. The van der Waals surface area contributed by atoms with Gasteiger partial charge >= 0.3 is 11.9 Å². The lowest BCUT2D eigenvalue weighted by Gasteiger charge is -2.26. The van der Waals surface area contributed by atoms with Gasteiger partial charge in [0.15, 0.2) is 0 Å². The van der Waals surface area contributed by atoms with E-state index in [2.05, 4.69) is 13.8 Å². The minimum Gasteiger partial charge on any atom is -0.465 e. The zero-order valence-electron chi connectivity index (χ0n) is 14.4. The summed E-state index contributed by atoms with van der Waals surface area (Å²) in [6.07, 6.45) is 7.20.